The van der Waals surface area contributed by atoms with Crippen molar-refractivity contribution in [3.63, 3.8) is 0 Å². The van der Waals surface area contributed by atoms with Crippen LogP contribution in [-0.4, -0.2) is 23.4 Å². The molecule has 2 heterocycles. The zero-order chi connectivity index (χ0) is 27.5. The van der Waals surface area contributed by atoms with Gasteiger partial charge in [0, 0.05) is 10.5 Å². The second-order valence-corrected chi connectivity index (χ2v) is 11.4. The highest BCUT2D eigenvalue weighted by Crippen LogP contribution is 2.35. The fourth-order valence-corrected chi connectivity index (χ4v) is 6.08. The first kappa shape index (κ1) is 26.9. The highest BCUT2D eigenvalue weighted by Gasteiger charge is 2.35. The Bertz CT molecular complexity index is 1700. The van der Waals surface area contributed by atoms with E-state index in [9.17, 15) is 9.59 Å². The van der Waals surface area contributed by atoms with Gasteiger partial charge in [-0.05, 0) is 54.0 Å². The maximum atomic E-state index is 14.0. The molecule has 7 heteroatoms. The van der Waals surface area contributed by atoms with Crippen molar-refractivity contribution in [2.45, 2.75) is 37.6 Å². The van der Waals surface area contributed by atoms with Crippen molar-refractivity contribution in [2.75, 3.05) is 12.9 Å². The predicted octanol–water partition coefficient (Wildman–Crippen LogP) is 5.78. The third-order valence-electron chi connectivity index (χ3n) is 6.71. The number of esters is 1. The minimum absolute atomic E-state index is 0.181. The number of benzene rings is 3. The summed E-state index contributed by atoms with van der Waals surface area (Å²) in [6.07, 6.45) is 3.92. The number of rotatable bonds is 7. The number of aromatic nitrogens is 1. The lowest BCUT2D eigenvalue weighted by atomic mass is 9.93. The third-order valence-corrected chi connectivity index (χ3v) is 8.43. The van der Waals surface area contributed by atoms with Crippen LogP contribution in [0.1, 0.15) is 55.0 Å². The van der Waals surface area contributed by atoms with Gasteiger partial charge in [0.2, 0.25) is 0 Å². The summed E-state index contributed by atoms with van der Waals surface area (Å²) < 4.78 is 7.75. The maximum absolute atomic E-state index is 14.0. The summed E-state index contributed by atoms with van der Waals surface area (Å²) in [5, 5.41) is 0. The van der Waals surface area contributed by atoms with Gasteiger partial charge in [-0.3, -0.25) is 9.36 Å². The summed E-state index contributed by atoms with van der Waals surface area (Å²) in [5.41, 5.74) is 4.52. The summed E-state index contributed by atoms with van der Waals surface area (Å²) in [5.74, 6) is -0.0443. The Morgan fingerprint density at radius 2 is 1.74 bits per heavy atom. The molecule has 1 atom stereocenters. The zero-order valence-electron chi connectivity index (χ0n) is 22.4. The van der Waals surface area contributed by atoms with Crippen molar-refractivity contribution in [2.24, 2.45) is 4.99 Å². The molecule has 0 unspecified atom stereocenters. The third kappa shape index (κ3) is 5.42. The lowest BCUT2D eigenvalue weighted by Crippen LogP contribution is -2.40. The zero-order valence-corrected chi connectivity index (χ0v) is 24.0. The van der Waals surface area contributed by atoms with E-state index in [1.54, 1.807) is 23.3 Å². The van der Waals surface area contributed by atoms with Crippen LogP contribution in [0.4, 0.5) is 0 Å². The number of thiazole rings is 1. The highest BCUT2D eigenvalue weighted by molar-refractivity contribution is 7.98. The molecule has 4 aromatic rings. The van der Waals surface area contributed by atoms with Crippen LogP contribution in [0.25, 0.3) is 11.8 Å². The Balaban J connectivity index is 1.77. The molecule has 1 aliphatic rings. The minimum Gasteiger partial charge on any atom is -0.463 e. The minimum atomic E-state index is -0.670. The number of fused-ring (bicyclic) bond motifs is 1. The van der Waals surface area contributed by atoms with Gasteiger partial charge in [-0.1, -0.05) is 91.9 Å². The van der Waals surface area contributed by atoms with E-state index >= 15 is 0 Å². The topological polar surface area (TPSA) is 60.7 Å². The summed E-state index contributed by atoms with van der Waals surface area (Å²) in [7, 11) is 0. The summed E-state index contributed by atoms with van der Waals surface area (Å²) in [4.78, 5) is 34.1. The Hall–Kier alpha value is -3.68. The van der Waals surface area contributed by atoms with E-state index in [0.717, 1.165) is 21.6 Å². The molecule has 0 aliphatic carbocycles. The van der Waals surface area contributed by atoms with E-state index < -0.39 is 12.0 Å². The maximum Gasteiger partial charge on any atom is 0.338 e. The molecule has 0 radical (unpaired) electrons. The molecule has 1 aliphatic heterocycles. The molecule has 0 amide bonds. The van der Waals surface area contributed by atoms with Crippen molar-refractivity contribution < 1.29 is 9.53 Å². The normalized spacial score (nSPS) is 15.3. The predicted molar refractivity (Wildman–Crippen MR) is 160 cm³/mol. The Morgan fingerprint density at radius 1 is 1.05 bits per heavy atom. The molecule has 0 saturated carbocycles. The molecule has 1 aromatic heterocycles. The Kier molecular flexibility index (Phi) is 8.00. The average Bonchev–Trinajstić information content (AvgIpc) is 3.27. The van der Waals surface area contributed by atoms with Crippen molar-refractivity contribution in [3.05, 3.63) is 126 Å². The fourth-order valence-electron chi connectivity index (χ4n) is 4.67. The smallest absolute Gasteiger partial charge is 0.338 e. The standard InChI is InChI=1S/C32H30N2O3S2/c1-5-37-31(36)27-28(23-9-7-6-8-10-23)33-32-34(29(27)24-15-17-25(38-4)18-16-24)30(35)26(39-32)19-21-11-13-22(14-12-21)20(2)3/h6-20,29H,5H2,1-4H3/b26-19-/t29-/m1/s1. The number of hydrogen-bond acceptors (Lipinski definition) is 6. The Morgan fingerprint density at radius 3 is 2.36 bits per heavy atom. The number of thioether (sulfide) groups is 1. The van der Waals surface area contributed by atoms with Gasteiger partial charge in [-0.2, -0.15) is 0 Å². The van der Waals surface area contributed by atoms with Gasteiger partial charge in [0.15, 0.2) is 4.80 Å². The summed E-state index contributed by atoms with van der Waals surface area (Å²) in [6.45, 7) is 6.32. The van der Waals surface area contributed by atoms with Crippen LogP contribution < -0.4 is 14.9 Å². The molecular formula is C32H30N2O3S2. The van der Waals surface area contributed by atoms with Crippen LogP contribution in [0, 0.1) is 0 Å². The van der Waals surface area contributed by atoms with Gasteiger partial charge >= 0.3 is 5.97 Å². The molecule has 0 bridgehead atoms. The molecule has 5 rings (SSSR count). The summed E-state index contributed by atoms with van der Waals surface area (Å²) >= 11 is 2.98. The van der Waals surface area contributed by atoms with Crippen molar-refractivity contribution in [3.8, 4) is 0 Å². The molecular weight excluding hydrogens is 524 g/mol. The van der Waals surface area contributed by atoms with E-state index in [4.69, 9.17) is 9.73 Å². The SMILES string of the molecule is CCOC(=O)C1=C(c2ccccc2)N=c2s/c(=C\c3ccc(C(C)C)cc3)c(=O)n2[C@@H]1c1ccc(SC)cc1. The first-order chi connectivity index (χ1) is 18.9. The second kappa shape index (κ2) is 11.6. The van der Waals surface area contributed by atoms with Crippen LogP contribution in [0.15, 0.2) is 99.1 Å². The van der Waals surface area contributed by atoms with Crippen molar-refractivity contribution >= 4 is 40.8 Å². The average molecular weight is 555 g/mol. The lowest BCUT2D eigenvalue weighted by molar-refractivity contribution is -0.138. The second-order valence-electron chi connectivity index (χ2n) is 9.53. The van der Waals surface area contributed by atoms with Crippen LogP contribution in [-0.2, 0) is 9.53 Å². The van der Waals surface area contributed by atoms with Gasteiger partial charge in [0.05, 0.1) is 28.5 Å². The van der Waals surface area contributed by atoms with E-state index in [2.05, 4.69) is 26.0 Å². The van der Waals surface area contributed by atoms with Crippen LogP contribution in [0.3, 0.4) is 0 Å². The highest BCUT2D eigenvalue weighted by atomic mass is 32.2. The quantitative estimate of drug-likeness (QED) is 0.215. The Labute approximate surface area is 236 Å². The fraction of sp³-hybridized carbons (Fsp3) is 0.219. The van der Waals surface area contributed by atoms with E-state index in [-0.39, 0.29) is 12.2 Å². The van der Waals surface area contributed by atoms with E-state index in [1.165, 1.54) is 16.9 Å². The molecule has 3 aromatic carbocycles. The van der Waals surface area contributed by atoms with Gasteiger partial charge in [-0.15, -0.1) is 11.8 Å². The van der Waals surface area contributed by atoms with E-state index in [0.29, 0.717) is 26.5 Å². The van der Waals surface area contributed by atoms with Gasteiger partial charge < -0.3 is 4.74 Å². The molecule has 0 fully saturated rings. The van der Waals surface area contributed by atoms with Gasteiger partial charge in [0.25, 0.3) is 5.56 Å². The number of hydrogen-bond donors (Lipinski definition) is 0. The van der Waals surface area contributed by atoms with E-state index in [1.807, 2.05) is 79.1 Å². The first-order valence-electron chi connectivity index (χ1n) is 12.9. The number of ether oxygens (including phenoxy) is 1. The largest absolute Gasteiger partial charge is 0.463 e. The number of carbonyl (C=O) groups excluding carboxylic acids is 1. The molecule has 198 valence electrons. The van der Waals surface area contributed by atoms with Crippen LogP contribution >= 0.6 is 23.1 Å². The van der Waals surface area contributed by atoms with Crippen molar-refractivity contribution in [1.29, 1.82) is 0 Å². The molecule has 0 spiro atoms. The van der Waals surface area contributed by atoms with Gasteiger partial charge in [0.1, 0.15) is 0 Å². The number of nitrogens with zero attached hydrogens (tertiary/aromatic N) is 2. The monoisotopic (exact) mass is 554 g/mol. The van der Waals surface area contributed by atoms with Crippen LogP contribution in [0.5, 0.6) is 0 Å². The number of carbonyl (C=O) groups is 1. The van der Waals surface area contributed by atoms with Crippen molar-refractivity contribution in [1.82, 2.24) is 4.57 Å². The molecule has 39 heavy (non-hydrogen) atoms. The molecule has 0 N–H and O–H groups in total. The van der Waals surface area contributed by atoms with Gasteiger partial charge in [-0.25, -0.2) is 9.79 Å². The summed E-state index contributed by atoms with van der Waals surface area (Å²) in [6, 6.07) is 25.2. The van der Waals surface area contributed by atoms with Crippen LogP contribution in [0.2, 0.25) is 0 Å². The lowest BCUT2D eigenvalue weighted by Gasteiger charge is -2.26. The molecule has 5 nitrogen and oxygen atoms in total. The first-order valence-corrected chi connectivity index (χ1v) is 15.0. The molecule has 0 saturated heterocycles.